The Labute approximate surface area is 84.6 Å². The zero-order valence-electron chi connectivity index (χ0n) is 7.57. The summed E-state index contributed by atoms with van der Waals surface area (Å²) in [7, 11) is 0. The van der Waals surface area contributed by atoms with Gasteiger partial charge < -0.3 is 5.32 Å². The van der Waals surface area contributed by atoms with Crippen LogP contribution in [-0.2, 0) is 0 Å². The molecule has 5 heteroatoms. The van der Waals surface area contributed by atoms with Crippen molar-refractivity contribution in [3.8, 4) is 0 Å². The van der Waals surface area contributed by atoms with E-state index in [-0.39, 0.29) is 4.87 Å². The lowest BCUT2D eigenvalue weighted by atomic mass is 10.2. The number of hydrogen-bond acceptors (Lipinski definition) is 4. The molecule has 2 aromatic rings. The third kappa shape index (κ3) is 2.00. The van der Waals surface area contributed by atoms with E-state index in [0.717, 1.165) is 17.0 Å². The molecule has 0 unspecified atom stereocenters. The molecule has 72 valence electrons. The summed E-state index contributed by atoms with van der Waals surface area (Å²) < 4.78 is 0. The van der Waals surface area contributed by atoms with Gasteiger partial charge in [-0.05, 0) is 30.4 Å². The lowest BCUT2D eigenvalue weighted by Gasteiger charge is -2.00. The van der Waals surface area contributed by atoms with Gasteiger partial charge in [-0.2, -0.15) is 0 Å². The molecule has 0 atom stereocenters. The van der Waals surface area contributed by atoms with Crippen molar-refractivity contribution in [1.29, 1.82) is 0 Å². The number of aryl methyl sites for hydroxylation is 1. The predicted molar refractivity (Wildman–Crippen MR) is 57.2 cm³/mol. The molecular formula is C9H9N3OS. The summed E-state index contributed by atoms with van der Waals surface area (Å²) in [5.41, 5.74) is 2.13. The number of nitrogens with zero attached hydrogens (tertiary/aromatic N) is 1. The van der Waals surface area contributed by atoms with Crippen molar-refractivity contribution in [3.63, 3.8) is 0 Å². The van der Waals surface area contributed by atoms with Gasteiger partial charge in [-0.1, -0.05) is 17.7 Å². The van der Waals surface area contributed by atoms with Gasteiger partial charge in [0.05, 0.1) is 0 Å². The Balaban J connectivity index is 2.19. The van der Waals surface area contributed by atoms with Crippen LogP contribution in [-0.4, -0.2) is 10.2 Å². The summed E-state index contributed by atoms with van der Waals surface area (Å²) in [5, 5.41) is 9.76. The van der Waals surface area contributed by atoms with Crippen LogP contribution >= 0.6 is 11.3 Å². The van der Waals surface area contributed by atoms with E-state index in [0.29, 0.717) is 5.13 Å². The van der Waals surface area contributed by atoms with Gasteiger partial charge in [0, 0.05) is 5.69 Å². The van der Waals surface area contributed by atoms with Crippen LogP contribution in [0.3, 0.4) is 0 Å². The second kappa shape index (κ2) is 3.63. The van der Waals surface area contributed by atoms with Crippen molar-refractivity contribution in [3.05, 3.63) is 39.5 Å². The first kappa shape index (κ1) is 8.96. The van der Waals surface area contributed by atoms with Crippen molar-refractivity contribution in [2.24, 2.45) is 0 Å². The zero-order valence-corrected chi connectivity index (χ0v) is 8.39. The fourth-order valence-electron chi connectivity index (χ4n) is 1.04. The minimum Gasteiger partial charge on any atom is -0.330 e. The van der Waals surface area contributed by atoms with E-state index in [1.807, 2.05) is 31.2 Å². The van der Waals surface area contributed by atoms with Crippen molar-refractivity contribution < 1.29 is 0 Å². The van der Waals surface area contributed by atoms with E-state index >= 15 is 0 Å². The molecule has 1 aromatic heterocycles. The van der Waals surface area contributed by atoms with Gasteiger partial charge in [-0.15, -0.1) is 5.10 Å². The Hall–Kier alpha value is -1.62. The molecule has 0 radical (unpaired) electrons. The van der Waals surface area contributed by atoms with E-state index in [2.05, 4.69) is 15.5 Å². The van der Waals surface area contributed by atoms with Crippen LogP contribution in [0, 0.1) is 6.92 Å². The van der Waals surface area contributed by atoms with Crippen molar-refractivity contribution in [2.75, 3.05) is 5.32 Å². The van der Waals surface area contributed by atoms with Gasteiger partial charge >= 0.3 is 4.87 Å². The molecule has 0 saturated carbocycles. The fourth-order valence-corrected chi connectivity index (χ4v) is 1.57. The number of nitrogens with one attached hydrogen (secondary N) is 2. The van der Waals surface area contributed by atoms with Crippen molar-refractivity contribution in [1.82, 2.24) is 10.2 Å². The Bertz CT molecular complexity index is 471. The largest absolute Gasteiger partial charge is 0.330 e. The highest BCUT2D eigenvalue weighted by molar-refractivity contribution is 7.13. The number of benzene rings is 1. The normalized spacial score (nSPS) is 10.1. The van der Waals surface area contributed by atoms with Gasteiger partial charge in [-0.3, -0.25) is 4.79 Å². The molecule has 2 rings (SSSR count). The summed E-state index contributed by atoms with van der Waals surface area (Å²) in [5.74, 6) is 0. The van der Waals surface area contributed by atoms with E-state index in [1.54, 1.807) is 0 Å². The maximum atomic E-state index is 10.8. The van der Waals surface area contributed by atoms with E-state index < -0.39 is 0 Å². The second-order valence-electron chi connectivity index (χ2n) is 2.91. The van der Waals surface area contributed by atoms with Gasteiger partial charge in [-0.25, -0.2) is 5.10 Å². The first-order valence-corrected chi connectivity index (χ1v) is 4.95. The Morgan fingerprint density at radius 1 is 1.36 bits per heavy atom. The number of rotatable bonds is 2. The molecule has 1 aromatic carbocycles. The molecule has 0 bridgehead atoms. The molecule has 0 aliphatic rings. The second-order valence-corrected chi connectivity index (χ2v) is 3.87. The summed E-state index contributed by atoms with van der Waals surface area (Å²) in [6, 6.07) is 7.89. The average Bonchev–Trinajstić information content (AvgIpc) is 2.56. The highest BCUT2D eigenvalue weighted by Gasteiger charge is 1.98. The van der Waals surface area contributed by atoms with Gasteiger partial charge in [0.15, 0.2) is 0 Å². The standard InChI is InChI=1S/C9H9N3OS/c1-6-2-4-7(5-3-6)10-8-11-12-9(13)14-8/h2-5H,1H3,(H,10,11)(H,12,13). The van der Waals surface area contributed by atoms with Gasteiger partial charge in [0.2, 0.25) is 5.13 Å². The molecule has 0 aliphatic carbocycles. The molecule has 14 heavy (non-hydrogen) atoms. The Morgan fingerprint density at radius 3 is 2.64 bits per heavy atom. The van der Waals surface area contributed by atoms with Gasteiger partial charge in [0.1, 0.15) is 0 Å². The smallest absolute Gasteiger partial charge is 0.324 e. The lowest BCUT2D eigenvalue weighted by molar-refractivity contribution is 1.06. The highest BCUT2D eigenvalue weighted by atomic mass is 32.1. The topological polar surface area (TPSA) is 57.8 Å². The number of hydrogen-bond donors (Lipinski definition) is 2. The lowest BCUT2D eigenvalue weighted by Crippen LogP contribution is -1.90. The monoisotopic (exact) mass is 207 g/mol. The van der Waals surface area contributed by atoms with Crippen LogP contribution in [0.2, 0.25) is 0 Å². The van der Waals surface area contributed by atoms with Gasteiger partial charge in [0.25, 0.3) is 0 Å². The third-order valence-corrected chi connectivity index (χ3v) is 2.40. The molecule has 0 fully saturated rings. The maximum Gasteiger partial charge on any atom is 0.324 e. The molecule has 0 saturated heterocycles. The van der Waals surface area contributed by atoms with Crippen LogP contribution in [0.4, 0.5) is 10.8 Å². The zero-order chi connectivity index (χ0) is 9.97. The van der Waals surface area contributed by atoms with E-state index in [4.69, 9.17) is 0 Å². The SMILES string of the molecule is Cc1ccc(Nc2n[nH]c(=O)s2)cc1. The van der Waals surface area contributed by atoms with Crippen LogP contribution in [0.25, 0.3) is 0 Å². The summed E-state index contributed by atoms with van der Waals surface area (Å²) in [6.07, 6.45) is 0. The molecule has 0 aliphatic heterocycles. The number of aromatic nitrogens is 2. The molecule has 0 spiro atoms. The Morgan fingerprint density at radius 2 is 2.07 bits per heavy atom. The molecular weight excluding hydrogens is 198 g/mol. The quantitative estimate of drug-likeness (QED) is 0.790. The van der Waals surface area contributed by atoms with E-state index in [1.165, 1.54) is 5.56 Å². The number of anilines is 2. The van der Waals surface area contributed by atoms with Crippen LogP contribution in [0.15, 0.2) is 29.1 Å². The summed E-state index contributed by atoms with van der Waals surface area (Å²) in [6.45, 7) is 2.02. The van der Waals surface area contributed by atoms with Crippen molar-refractivity contribution >= 4 is 22.2 Å². The van der Waals surface area contributed by atoms with Crippen LogP contribution in [0.5, 0.6) is 0 Å². The summed E-state index contributed by atoms with van der Waals surface area (Å²) in [4.78, 5) is 10.6. The minimum atomic E-state index is -0.153. The molecule has 1 heterocycles. The predicted octanol–water partition coefficient (Wildman–Crippen LogP) is 1.88. The third-order valence-electron chi connectivity index (χ3n) is 1.74. The molecule has 0 amide bonds. The average molecular weight is 207 g/mol. The minimum absolute atomic E-state index is 0.153. The first-order valence-electron chi connectivity index (χ1n) is 4.13. The molecule has 4 nitrogen and oxygen atoms in total. The summed E-state index contributed by atoms with van der Waals surface area (Å²) >= 11 is 1.05. The fraction of sp³-hybridized carbons (Fsp3) is 0.111. The van der Waals surface area contributed by atoms with Crippen molar-refractivity contribution in [2.45, 2.75) is 6.92 Å². The van der Waals surface area contributed by atoms with Crippen LogP contribution < -0.4 is 10.2 Å². The maximum absolute atomic E-state index is 10.8. The van der Waals surface area contributed by atoms with E-state index in [9.17, 15) is 4.79 Å². The molecule has 2 N–H and O–H groups in total. The number of aromatic amines is 1. The number of H-pyrrole nitrogens is 1. The Kier molecular flexibility index (Phi) is 2.32. The highest BCUT2D eigenvalue weighted by Crippen LogP contribution is 2.15. The van der Waals surface area contributed by atoms with Crippen LogP contribution in [0.1, 0.15) is 5.56 Å². The first-order chi connectivity index (χ1) is 6.74.